The molecule has 0 aliphatic carbocycles. The molecule has 2 rings (SSSR count). The Kier molecular flexibility index (Phi) is 3.35. The lowest BCUT2D eigenvalue weighted by Crippen LogP contribution is -3.00. The Labute approximate surface area is 82.2 Å². The molecule has 0 spiro atoms. The average Bonchev–Trinajstić information content (AvgIpc) is 2.44. The Morgan fingerprint density at radius 1 is 1.62 bits per heavy atom. The van der Waals surface area contributed by atoms with Crippen LogP contribution in [0.4, 0.5) is 4.79 Å². The minimum Gasteiger partial charge on any atom is -1.00 e. The Balaban J connectivity index is 0.000000845. The summed E-state index contributed by atoms with van der Waals surface area (Å²) in [6, 6.07) is 0.0865. The van der Waals surface area contributed by atoms with Crippen LogP contribution in [0.25, 0.3) is 0 Å². The highest BCUT2D eigenvalue weighted by Gasteiger charge is 2.43. The zero-order chi connectivity index (χ0) is 8.55. The number of aliphatic hydroxyl groups is 1. The number of aliphatic hydroxyl groups excluding tert-OH is 1. The van der Waals surface area contributed by atoms with Crippen LogP contribution in [0.2, 0.25) is 0 Å². The number of nitrogens with one attached hydrogen (secondary N) is 1. The van der Waals surface area contributed by atoms with E-state index in [9.17, 15) is 4.79 Å². The SMILES string of the molecule is O=C1N[C@@H]2C[NH2+]C[C@H](CO)[C@@H]2O1.[Cl-]. The lowest BCUT2D eigenvalue weighted by molar-refractivity contribution is -0.673. The van der Waals surface area contributed by atoms with Gasteiger partial charge in [0.05, 0.1) is 25.6 Å². The van der Waals surface area contributed by atoms with Crippen LogP contribution in [0.5, 0.6) is 0 Å². The van der Waals surface area contributed by atoms with Gasteiger partial charge in [-0.3, -0.25) is 0 Å². The Hall–Kier alpha value is -0.520. The predicted octanol–water partition coefficient (Wildman–Crippen LogP) is -5.35. The third-order valence-electron chi connectivity index (χ3n) is 2.53. The van der Waals surface area contributed by atoms with E-state index in [1.807, 2.05) is 0 Å². The first-order valence-corrected chi connectivity index (χ1v) is 4.21. The Bertz CT molecular complexity index is 202. The van der Waals surface area contributed by atoms with Crippen LogP contribution >= 0.6 is 0 Å². The van der Waals surface area contributed by atoms with Gasteiger partial charge in [-0.15, -0.1) is 0 Å². The monoisotopic (exact) mass is 208 g/mol. The quantitative estimate of drug-likeness (QED) is 0.403. The van der Waals surface area contributed by atoms with Crippen molar-refractivity contribution in [1.82, 2.24) is 5.32 Å². The number of piperidine rings is 1. The number of carbonyl (C=O) groups excluding carboxylic acids is 1. The van der Waals surface area contributed by atoms with Gasteiger partial charge in [-0.25, -0.2) is 4.79 Å². The fourth-order valence-corrected chi connectivity index (χ4v) is 1.89. The Morgan fingerprint density at radius 2 is 2.38 bits per heavy atom. The minimum absolute atomic E-state index is 0. The highest BCUT2D eigenvalue weighted by atomic mass is 35.5. The van der Waals surface area contributed by atoms with E-state index >= 15 is 0 Å². The van der Waals surface area contributed by atoms with Crippen molar-refractivity contribution >= 4 is 6.09 Å². The van der Waals surface area contributed by atoms with Crippen LogP contribution in [0, 0.1) is 5.92 Å². The van der Waals surface area contributed by atoms with Crippen LogP contribution in [-0.4, -0.2) is 43.0 Å². The standard InChI is InChI=1S/C7H12N2O3.ClH/c10-3-4-1-8-2-5-6(4)12-7(11)9-5;/h4-6,8,10H,1-3H2,(H,9,11);1H/t4-,5-,6+;/m1./s1. The summed E-state index contributed by atoms with van der Waals surface area (Å²) < 4.78 is 5.04. The number of fused-ring (bicyclic) bond motifs is 1. The molecule has 5 nitrogen and oxygen atoms in total. The van der Waals surface area contributed by atoms with Crippen molar-refractivity contribution in [3.63, 3.8) is 0 Å². The second kappa shape index (κ2) is 4.13. The second-order valence-corrected chi connectivity index (χ2v) is 3.32. The molecule has 2 aliphatic rings. The van der Waals surface area contributed by atoms with E-state index in [1.165, 1.54) is 0 Å². The van der Waals surface area contributed by atoms with Gasteiger partial charge < -0.3 is 32.9 Å². The molecule has 2 heterocycles. The zero-order valence-corrected chi connectivity index (χ0v) is 7.83. The highest BCUT2D eigenvalue weighted by Crippen LogP contribution is 2.17. The van der Waals surface area contributed by atoms with Crippen LogP contribution in [0.1, 0.15) is 0 Å². The summed E-state index contributed by atoms with van der Waals surface area (Å²) in [5, 5.41) is 13.8. The number of amides is 1. The summed E-state index contributed by atoms with van der Waals surface area (Å²) in [6.45, 7) is 1.78. The van der Waals surface area contributed by atoms with E-state index in [1.54, 1.807) is 0 Å². The molecule has 0 saturated carbocycles. The zero-order valence-electron chi connectivity index (χ0n) is 7.07. The smallest absolute Gasteiger partial charge is 0.408 e. The van der Waals surface area contributed by atoms with Crippen molar-refractivity contribution in [3.8, 4) is 0 Å². The van der Waals surface area contributed by atoms with Crippen molar-refractivity contribution in [3.05, 3.63) is 0 Å². The van der Waals surface area contributed by atoms with Crippen molar-refractivity contribution in [2.45, 2.75) is 12.1 Å². The summed E-state index contributed by atoms with van der Waals surface area (Å²) in [6.07, 6.45) is -0.466. The van der Waals surface area contributed by atoms with Gasteiger partial charge in [0.1, 0.15) is 12.1 Å². The Morgan fingerprint density at radius 3 is 3.08 bits per heavy atom. The summed E-state index contributed by atoms with van der Waals surface area (Å²) >= 11 is 0. The number of ether oxygens (including phenoxy) is 1. The van der Waals surface area contributed by atoms with Crippen molar-refractivity contribution in [2.75, 3.05) is 19.7 Å². The molecule has 0 aromatic rings. The number of quaternary nitrogens is 1. The van der Waals surface area contributed by atoms with Gasteiger partial charge in [0.25, 0.3) is 0 Å². The molecule has 4 N–H and O–H groups in total. The molecule has 2 saturated heterocycles. The van der Waals surface area contributed by atoms with Gasteiger partial charge in [-0.05, 0) is 0 Å². The third kappa shape index (κ3) is 1.87. The van der Waals surface area contributed by atoms with E-state index in [0.29, 0.717) is 0 Å². The van der Waals surface area contributed by atoms with Crippen molar-refractivity contribution in [1.29, 1.82) is 0 Å². The normalized spacial score (nSPS) is 37.0. The maximum atomic E-state index is 10.8. The van der Waals surface area contributed by atoms with Gasteiger partial charge >= 0.3 is 6.09 Å². The summed E-state index contributed by atoms with van der Waals surface area (Å²) in [7, 11) is 0. The fraction of sp³-hybridized carbons (Fsp3) is 0.857. The van der Waals surface area contributed by atoms with E-state index in [0.717, 1.165) is 13.1 Å². The molecule has 0 aromatic carbocycles. The molecule has 0 bridgehead atoms. The predicted molar refractivity (Wildman–Crippen MR) is 39.4 cm³/mol. The molecule has 0 aromatic heterocycles. The molecule has 2 fully saturated rings. The van der Waals surface area contributed by atoms with Gasteiger partial charge in [0.15, 0.2) is 0 Å². The number of hydrogen-bond acceptors (Lipinski definition) is 3. The van der Waals surface area contributed by atoms with Gasteiger partial charge in [0, 0.05) is 0 Å². The van der Waals surface area contributed by atoms with Gasteiger partial charge in [-0.2, -0.15) is 0 Å². The molecule has 3 atom stereocenters. The van der Waals surface area contributed by atoms with Crippen molar-refractivity contribution < 1.29 is 32.4 Å². The van der Waals surface area contributed by atoms with Gasteiger partial charge in [-0.1, -0.05) is 0 Å². The molecule has 76 valence electrons. The maximum Gasteiger partial charge on any atom is 0.408 e. The first-order chi connectivity index (χ1) is 5.81. The first kappa shape index (κ1) is 10.6. The maximum absolute atomic E-state index is 10.8. The molecular formula is C7H13ClN2O3. The van der Waals surface area contributed by atoms with Crippen LogP contribution in [-0.2, 0) is 4.74 Å². The molecule has 0 unspecified atom stereocenters. The number of carbonyl (C=O) groups is 1. The van der Waals surface area contributed by atoms with Crippen LogP contribution in [0.15, 0.2) is 0 Å². The summed E-state index contributed by atoms with van der Waals surface area (Å²) in [5.41, 5.74) is 0. The lowest BCUT2D eigenvalue weighted by atomic mass is 9.94. The van der Waals surface area contributed by atoms with Crippen LogP contribution in [0.3, 0.4) is 0 Å². The van der Waals surface area contributed by atoms with E-state index in [2.05, 4.69) is 10.6 Å². The number of halogens is 1. The number of alkyl carbamates (subject to hydrolysis) is 1. The van der Waals surface area contributed by atoms with E-state index in [4.69, 9.17) is 9.84 Å². The molecule has 6 heteroatoms. The first-order valence-electron chi connectivity index (χ1n) is 4.21. The molecular weight excluding hydrogens is 196 g/mol. The number of nitrogens with two attached hydrogens (primary N) is 1. The molecule has 1 amide bonds. The lowest BCUT2D eigenvalue weighted by Gasteiger charge is -2.27. The molecule has 0 radical (unpaired) electrons. The van der Waals surface area contributed by atoms with E-state index in [-0.39, 0.29) is 43.2 Å². The fourth-order valence-electron chi connectivity index (χ4n) is 1.89. The minimum atomic E-state index is -0.348. The summed E-state index contributed by atoms with van der Waals surface area (Å²) in [4.78, 5) is 10.8. The number of rotatable bonds is 1. The van der Waals surface area contributed by atoms with E-state index < -0.39 is 0 Å². The second-order valence-electron chi connectivity index (χ2n) is 3.32. The topological polar surface area (TPSA) is 75.2 Å². The van der Waals surface area contributed by atoms with Crippen LogP contribution < -0.4 is 23.0 Å². The molecule has 2 aliphatic heterocycles. The largest absolute Gasteiger partial charge is 1.00 e. The average molecular weight is 209 g/mol. The van der Waals surface area contributed by atoms with Gasteiger partial charge in [0.2, 0.25) is 0 Å². The summed E-state index contributed by atoms with van der Waals surface area (Å²) in [5.74, 6) is 0.0858. The number of hydrogen-bond donors (Lipinski definition) is 3. The highest BCUT2D eigenvalue weighted by molar-refractivity contribution is 5.70. The third-order valence-corrected chi connectivity index (χ3v) is 2.53. The van der Waals surface area contributed by atoms with Crippen molar-refractivity contribution in [2.24, 2.45) is 5.92 Å². The molecule has 13 heavy (non-hydrogen) atoms.